The van der Waals surface area contributed by atoms with Crippen molar-refractivity contribution < 1.29 is 0 Å². The van der Waals surface area contributed by atoms with Crippen LogP contribution in [-0.2, 0) is 13.5 Å². The van der Waals surface area contributed by atoms with Crippen molar-refractivity contribution in [3.05, 3.63) is 15.9 Å². The first-order chi connectivity index (χ1) is 9.13. The Morgan fingerprint density at radius 2 is 2.37 bits per heavy atom. The van der Waals surface area contributed by atoms with E-state index in [-0.39, 0.29) is 0 Å². The lowest BCUT2D eigenvalue weighted by atomic mass is 9.94. The average molecular weight is 346 g/mol. The molecule has 1 aromatic heterocycles. The summed E-state index contributed by atoms with van der Waals surface area (Å²) >= 11 is 5.78. The molecular weight excluding hydrogens is 322 g/mol. The number of thioether (sulfide) groups is 1. The maximum absolute atomic E-state index is 4.51. The molecule has 2 unspecified atom stereocenters. The van der Waals surface area contributed by atoms with Crippen LogP contribution in [0.4, 0.5) is 0 Å². The van der Waals surface area contributed by atoms with Gasteiger partial charge in [0.1, 0.15) is 0 Å². The third-order valence-electron chi connectivity index (χ3n) is 3.87. The van der Waals surface area contributed by atoms with E-state index in [1.165, 1.54) is 34.5 Å². The molecule has 0 bridgehead atoms. The number of nitrogens with one attached hydrogen (secondary N) is 1. The van der Waals surface area contributed by atoms with E-state index in [2.05, 4.69) is 52.0 Å². The standard InChI is InChI=1S/C14H24BrN3S/c1-4-6-16-12(11-5-7-19-9-11)8-13-14(15)10(2)17-18(13)3/h11-12,16H,4-9H2,1-3H3. The SMILES string of the molecule is CCCNC(Cc1c(Br)c(C)nn1C)C1CCSC1. The molecule has 1 aromatic rings. The summed E-state index contributed by atoms with van der Waals surface area (Å²) in [5.74, 6) is 3.43. The fourth-order valence-corrected chi connectivity index (χ4v) is 4.55. The van der Waals surface area contributed by atoms with Gasteiger partial charge in [-0.05, 0) is 59.7 Å². The molecular formula is C14H24BrN3S. The maximum atomic E-state index is 4.51. The van der Waals surface area contributed by atoms with Crippen molar-refractivity contribution in [1.82, 2.24) is 15.1 Å². The zero-order chi connectivity index (χ0) is 13.8. The van der Waals surface area contributed by atoms with E-state index < -0.39 is 0 Å². The highest BCUT2D eigenvalue weighted by Crippen LogP contribution is 2.30. The minimum atomic E-state index is 0.584. The molecule has 1 saturated heterocycles. The zero-order valence-electron chi connectivity index (χ0n) is 12.1. The quantitative estimate of drug-likeness (QED) is 0.858. The smallest absolute Gasteiger partial charge is 0.0738 e. The van der Waals surface area contributed by atoms with Crippen LogP contribution in [0.2, 0.25) is 0 Å². The Balaban J connectivity index is 2.09. The molecule has 0 aromatic carbocycles. The van der Waals surface area contributed by atoms with Crippen LogP contribution in [0.3, 0.4) is 0 Å². The molecule has 0 radical (unpaired) electrons. The van der Waals surface area contributed by atoms with Gasteiger partial charge in [-0.25, -0.2) is 0 Å². The second-order valence-corrected chi connectivity index (χ2v) is 7.30. The van der Waals surface area contributed by atoms with Crippen LogP contribution < -0.4 is 5.32 Å². The number of halogens is 1. The van der Waals surface area contributed by atoms with Gasteiger partial charge in [0.15, 0.2) is 0 Å². The highest BCUT2D eigenvalue weighted by atomic mass is 79.9. The molecule has 0 amide bonds. The minimum absolute atomic E-state index is 0.584. The number of hydrogen-bond acceptors (Lipinski definition) is 3. The molecule has 2 atom stereocenters. The van der Waals surface area contributed by atoms with Gasteiger partial charge in [0.2, 0.25) is 0 Å². The Bertz CT molecular complexity index is 413. The lowest BCUT2D eigenvalue weighted by Crippen LogP contribution is -2.39. The van der Waals surface area contributed by atoms with Gasteiger partial charge in [0, 0.05) is 19.5 Å². The van der Waals surface area contributed by atoms with Crippen molar-refractivity contribution in [1.29, 1.82) is 0 Å². The molecule has 19 heavy (non-hydrogen) atoms. The second-order valence-electron chi connectivity index (χ2n) is 5.36. The van der Waals surface area contributed by atoms with E-state index in [4.69, 9.17) is 0 Å². The van der Waals surface area contributed by atoms with Gasteiger partial charge >= 0.3 is 0 Å². The van der Waals surface area contributed by atoms with E-state index >= 15 is 0 Å². The first-order valence-corrected chi connectivity index (χ1v) is 9.07. The largest absolute Gasteiger partial charge is 0.313 e. The predicted molar refractivity (Wildman–Crippen MR) is 86.9 cm³/mol. The van der Waals surface area contributed by atoms with E-state index in [0.29, 0.717) is 6.04 Å². The molecule has 2 rings (SSSR count). The maximum Gasteiger partial charge on any atom is 0.0738 e. The summed E-state index contributed by atoms with van der Waals surface area (Å²) in [6.07, 6.45) is 3.62. The van der Waals surface area contributed by atoms with Crippen molar-refractivity contribution in [2.75, 3.05) is 18.1 Å². The molecule has 1 N–H and O–H groups in total. The van der Waals surface area contributed by atoms with Gasteiger partial charge < -0.3 is 5.32 Å². The normalized spacial score (nSPS) is 20.9. The molecule has 1 aliphatic rings. The fourth-order valence-electron chi connectivity index (χ4n) is 2.72. The van der Waals surface area contributed by atoms with Crippen LogP contribution in [0.1, 0.15) is 31.2 Å². The molecule has 0 saturated carbocycles. The highest BCUT2D eigenvalue weighted by molar-refractivity contribution is 9.10. The molecule has 0 spiro atoms. The summed E-state index contributed by atoms with van der Waals surface area (Å²) in [6, 6.07) is 0.584. The van der Waals surface area contributed by atoms with Crippen LogP contribution in [0.25, 0.3) is 0 Å². The number of aromatic nitrogens is 2. The zero-order valence-corrected chi connectivity index (χ0v) is 14.5. The molecule has 2 heterocycles. The molecule has 3 nitrogen and oxygen atoms in total. The van der Waals surface area contributed by atoms with E-state index in [1.54, 1.807) is 0 Å². The van der Waals surface area contributed by atoms with Gasteiger partial charge in [0.05, 0.1) is 15.9 Å². The summed E-state index contributed by atoms with van der Waals surface area (Å²) in [4.78, 5) is 0. The van der Waals surface area contributed by atoms with Crippen molar-refractivity contribution >= 4 is 27.7 Å². The Morgan fingerprint density at radius 1 is 1.58 bits per heavy atom. The average Bonchev–Trinajstić information content (AvgIpc) is 2.98. The van der Waals surface area contributed by atoms with Crippen LogP contribution in [0.5, 0.6) is 0 Å². The van der Waals surface area contributed by atoms with E-state index in [9.17, 15) is 0 Å². The Kier molecular flexibility index (Phi) is 5.78. The van der Waals surface area contributed by atoms with Gasteiger partial charge in [-0.3, -0.25) is 4.68 Å². The third kappa shape index (κ3) is 3.76. The summed E-state index contributed by atoms with van der Waals surface area (Å²) in [5, 5.41) is 8.26. The third-order valence-corrected chi connectivity index (χ3v) is 6.09. The lowest BCUT2D eigenvalue weighted by molar-refractivity contribution is 0.373. The number of hydrogen-bond donors (Lipinski definition) is 1. The molecule has 1 fully saturated rings. The number of rotatable bonds is 6. The van der Waals surface area contributed by atoms with Crippen LogP contribution >= 0.6 is 27.7 Å². The van der Waals surface area contributed by atoms with Crippen molar-refractivity contribution in [3.63, 3.8) is 0 Å². The summed E-state index contributed by atoms with van der Waals surface area (Å²) in [5.41, 5.74) is 2.41. The Hall–Kier alpha value is -0.000000000000000111. The highest BCUT2D eigenvalue weighted by Gasteiger charge is 2.27. The van der Waals surface area contributed by atoms with Gasteiger partial charge in [-0.15, -0.1) is 0 Å². The lowest BCUT2D eigenvalue weighted by Gasteiger charge is -2.24. The Labute approximate surface area is 129 Å². The first-order valence-electron chi connectivity index (χ1n) is 7.12. The van der Waals surface area contributed by atoms with E-state index in [0.717, 1.165) is 24.6 Å². The molecule has 5 heteroatoms. The monoisotopic (exact) mass is 345 g/mol. The predicted octanol–water partition coefficient (Wildman–Crippen LogP) is 3.15. The fraction of sp³-hybridized carbons (Fsp3) is 0.786. The molecule has 0 aliphatic carbocycles. The number of aryl methyl sites for hydroxylation is 2. The van der Waals surface area contributed by atoms with Crippen molar-refractivity contribution in [2.24, 2.45) is 13.0 Å². The van der Waals surface area contributed by atoms with Gasteiger partial charge in [0.25, 0.3) is 0 Å². The van der Waals surface area contributed by atoms with Crippen molar-refractivity contribution in [2.45, 2.75) is 39.2 Å². The topological polar surface area (TPSA) is 29.9 Å². The van der Waals surface area contributed by atoms with E-state index in [1.807, 2.05) is 11.7 Å². The summed E-state index contributed by atoms with van der Waals surface area (Å²) in [6.45, 7) is 5.41. The van der Waals surface area contributed by atoms with Gasteiger partial charge in [-0.1, -0.05) is 6.92 Å². The Morgan fingerprint density at radius 3 is 2.89 bits per heavy atom. The van der Waals surface area contributed by atoms with Gasteiger partial charge in [-0.2, -0.15) is 16.9 Å². The molecule has 1 aliphatic heterocycles. The van der Waals surface area contributed by atoms with Crippen LogP contribution in [-0.4, -0.2) is 33.9 Å². The minimum Gasteiger partial charge on any atom is -0.313 e. The first kappa shape index (κ1) is 15.4. The van der Waals surface area contributed by atoms with Crippen LogP contribution in [0, 0.1) is 12.8 Å². The molecule has 108 valence electrons. The second kappa shape index (κ2) is 7.14. The van der Waals surface area contributed by atoms with Crippen molar-refractivity contribution in [3.8, 4) is 0 Å². The van der Waals surface area contributed by atoms with Crippen LogP contribution in [0.15, 0.2) is 4.47 Å². The number of nitrogens with zero attached hydrogens (tertiary/aromatic N) is 2. The summed E-state index contributed by atoms with van der Waals surface area (Å²) in [7, 11) is 2.05. The summed E-state index contributed by atoms with van der Waals surface area (Å²) < 4.78 is 3.21.